The maximum atomic E-state index is 12.3. The number of hydrogen-bond donors (Lipinski definition) is 2. The quantitative estimate of drug-likeness (QED) is 0.429. The highest BCUT2D eigenvalue weighted by Crippen LogP contribution is 2.28. The molecule has 0 radical (unpaired) electrons. The molecule has 0 spiro atoms. The van der Waals surface area contributed by atoms with Crippen LogP contribution in [0.1, 0.15) is 29.9 Å². The zero-order valence-corrected chi connectivity index (χ0v) is 22.9. The normalized spacial score (nSPS) is 16.7. The third-order valence-electron chi connectivity index (χ3n) is 4.96. The van der Waals surface area contributed by atoms with Crippen LogP contribution in [0.3, 0.4) is 0 Å². The van der Waals surface area contributed by atoms with Crippen molar-refractivity contribution in [2.75, 3.05) is 26.2 Å². The predicted octanol–water partition coefficient (Wildman–Crippen LogP) is 3.83. The van der Waals surface area contributed by atoms with E-state index >= 15 is 0 Å². The largest absolute Gasteiger partial charge is 0.480 e. The van der Waals surface area contributed by atoms with Crippen molar-refractivity contribution < 1.29 is 24.2 Å². The second-order valence-electron chi connectivity index (χ2n) is 7.68. The number of aromatic nitrogens is 1. The molecule has 35 heavy (non-hydrogen) atoms. The van der Waals surface area contributed by atoms with E-state index in [0.717, 1.165) is 24.1 Å². The molecule has 1 aliphatic heterocycles. The number of nitrogens with one attached hydrogen (secondary N) is 1. The summed E-state index contributed by atoms with van der Waals surface area (Å²) in [6, 6.07) is 4.52. The lowest BCUT2D eigenvalue weighted by Gasteiger charge is -2.35. The van der Waals surface area contributed by atoms with Gasteiger partial charge in [0.25, 0.3) is 5.91 Å². The smallest absolute Gasteiger partial charge is 0.325 e. The number of carbonyl (C=O) groups excluding carboxylic acids is 2. The fraction of sp³-hybridized carbons (Fsp3) is 0.429. The first kappa shape index (κ1) is 29.6. The van der Waals surface area contributed by atoms with Crippen LogP contribution in [0.5, 0.6) is 0 Å². The van der Waals surface area contributed by atoms with Gasteiger partial charge in [-0.1, -0.05) is 29.3 Å². The fourth-order valence-corrected chi connectivity index (χ4v) is 5.30. The van der Waals surface area contributed by atoms with E-state index < -0.39 is 17.9 Å². The SMILES string of the molecule is CC(=O)N(C[C@@H]1CN(Cc2ccc(Cl)c(Cl)c2)CCO1)Sc1nc(C(=O)N[C@@H](C)C(=O)O)cs1.Cl. The van der Waals surface area contributed by atoms with Crippen molar-refractivity contribution in [2.24, 2.45) is 0 Å². The maximum absolute atomic E-state index is 12.3. The summed E-state index contributed by atoms with van der Waals surface area (Å²) < 4.78 is 7.93. The Hall–Kier alpha value is -1.60. The number of thiazole rings is 1. The summed E-state index contributed by atoms with van der Waals surface area (Å²) in [6.07, 6.45) is -0.202. The molecule has 0 saturated carbocycles. The third-order valence-corrected chi connectivity index (χ3v) is 7.72. The minimum atomic E-state index is -1.14. The first-order valence-electron chi connectivity index (χ1n) is 10.4. The van der Waals surface area contributed by atoms with Crippen molar-refractivity contribution in [1.82, 2.24) is 19.5 Å². The number of amides is 2. The van der Waals surface area contributed by atoms with Gasteiger partial charge < -0.3 is 15.2 Å². The number of carboxylic acid groups (broad SMARTS) is 1. The molecule has 9 nitrogen and oxygen atoms in total. The molecule has 2 amide bonds. The summed E-state index contributed by atoms with van der Waals surface area (Å²) in [7, 11) is 0. The van der Waals surface area contributed by atoms with Gasteiger partial charge in [-0.15, -0.1) is 23.7 Å². The van der Waals surface area contributed by atoms with Crippen LogP contribution in [-0.4, -0.2) is 75.5 Å². The summed E-state index contributed by atoms with van der Waals surface area (Å²) in [5.74, 6) is -1.89. The van der Waals surface area contributed by atoms with Crippen LogP contribution in [0.15, 0.2) is 27.9 Å². The molecule has 3 rings (SSSR count). The zero-order valence-electron chi connectivity index (χ0n) is 18.9. The summed E-state index contributed by atoms with van der Waals surface area (Å²) in [5.41, 5.74) is 1.14. The Labute approximate surface area is 227 Å². The van der Waals surface area contributed by atoms with Gasteiger partial charge in [0, 0.05) is 43.9 Å². The molecule has 1 aromatic carbocycles. The average Bonchev–Trinajstić information content (AvgIpc) is 3.25. The number of halogens is 3. The Bertz CT molecular complexity index is 1060. The number of carboxylic acids is 1. The van der Waals surface area contributed by atoms with E-state index in [-0.39, 0.29) is 30.1 Å². The van der Waals surface area contributed by atoms with Crippen molar-refractivity contribution in [2.45, 2.75) is 36.9 Å². The van der Waals surface area contributed by atoms with Gasteiger partial charge in [0.2, 0.25) is 5.91 Å². The Morgan fingerprint density at radius 2 is 2.11 bits per heavy atom. The molecule has 1 aliphatic rings. The Morgan fingerprint density at radius 3 is 2.77 bits per heavy atom. The topological polar surface area (TPSA) is 112 Å². The van der Waals surface area contributed by atoms with Crippen LogP contribution in [-0.2, 0) is 20.9 Å². The highest BCUT2D eigenvalue weighted by Gasteiger charge is 2.26. The van der Waals surface area contributed by atoms with Crippen molar-refractivity contribution >= 4 is 76.7 Å². The molecule has 0 aliphatic carbocycles. The van der Waals surface area contributed by atoms with Crippen molar-refractivity contribution in [3.05, 3.63) is 44.9 Å². The molecule has 0 bridgehead atoms. The van der Waals surface area contributed by atoms with Gasteiger partial charge >= 0.3 is 5.97 Å². The molecule has 2 heterocycles. The van der Waals surface area contributed by atoms with Gasteiger partial charge in [-0.2, -0.15) is 0 Å². The second kappa shape index (κ2) is 13.6. The Balaban J connectivity index is 0.00000432. The summed E-state index contributed by atoms with van der Waals surface area (Å²) in [4.78, 5) is 41.8. The minimum Gasteiger partial charge on any atom is -0.480 e. The van der Waals surface area contributed by atoms with Gasteiger partial charge in [0.1, 0.15) is 11.7 Å². The zero-order chi connectivity index (χ0) is 24.8. The summed E-state index contributed by atoms with van der Waals surface area (Å²) in [5, 5.41) is 13.8. The maximum Gasteiger partial charge on any atom is 0.325 e. The van der Waals surface area contributed by atoms with E-state index in [1.54, 1.807) is 10.4 Å². The Morgan fingerprint density at radius 1 is 1.37 bits per heavy atom. The number of hydrogen-bond acceptors (Lipinski definition) is 8. The van der Waals surface area contributed by atoms with Crippen molar-refractivity contribution in [1.29, 1.82) is 0 Å². The van der Waals surface area contributed by atoms with Gasteiger partial charge in [-0.3, -0.25) is 23.6 Å². The van der Waals surface area contributed by atoms with Crippen LogP contribution < -0.4 is 5.32 Å². The lowest BCUT2D eigenvalue weighted by atomic mass is 10.2. The monoisotopic (exact) mass is 582 g/mol. The molecule has 1 saturated heterocycles. The van der Waals surface area contributed by atoms with Gasteiger partial charge in [-0.25, -0.2) is 4.98 Å². The van der Waals surface area contributed by atoms with Crippen LogP contribution >= 0.6 is 58.9 Å². The van der Waals surface area contributed by atoms with Crippen molar-refractivity contribution in [3.8, 4) is 0 Å². The van der Waals surface area contributed by atoms with Crippen LogP contribution in [0, 0.1) is 0 Å². The predicted molar refractivity (Wildman–Crippen MR) is 139 cm³/mol. The molecule has 192 valence electrons. The molecule has 2 aromatic rings. The molecular formula is C21H25Cl3N4O5S2. The number of aliphatic carboxylic acids is 1. The second-order valence-corrected chi connectivity index (χ2v) is 10.6. The van der Waals surface area contributed by atoms with E-state index in [2.05, 4.69) is 15.2 Å². The number of rotatable bonds is 9. The van der Waals surface area contributed by atoms with Crippen LogP contribution in [0.4, 0.5) is 0 Å². The number of nitrogens with zero attached hydrogens (tertiary/aromatic N) is 3. The van der Waals surface area contributed by atoms with E-state index in [1.165, 1.54) is 30.6 Å². The average molecular weight is 584 g/mol. The first-order chi connectivity index (χ1) is 16.1. The molecular weight excluding hydrogens is 559 g/mol. The molecule has 2 atom stereocenters. The van der Waals surface area contributed by atoms with Crippen LogP contribution in [0.2, 0.25) is 10.0 Å². The summed E-state index contributed by atoms with van der Waals surface area (Å²) >= 11 is 14.4. The number of carbonyl (C=O) groups is 3. The standard InChI is InChI=1S/C21H24Cl2N4O5S2.ClH/c1-12(20(30)31)24-19(29)18-11-33-21(25-18)34-27(13(2)28)10-15-9-26(5-6-32-15)8-14-3-4-16(22)17(23)7-14;/h3-4,7,11-12,15H,5-6,8-10H2,1-2H3,(H,24,29)(H,30,31);1H/t12-,15-;/m0./s1. The third kappa shape index (κ3) is 8.78. The lowest BCUT2D eigenvalue weighted by Crippen LogP contribution is -2.46. The molecule has 1 aromatic heterocycles. The van der Waals surface area contributed by atoms with E-state index in [1.807, 2.05) is 12.1 Å². The number of morpholine rings is 1. The molecule has 1 fully saturated rings. The van der Waals surface area contributed by atoms with E-state index in [9.17, 15) is 14.4 Å². The van der Waals surface area contributed by atoms with Gasteiger partial charge in [-0.05, 0) is 24.6 Å². The van der Waals surface area contributed by atoms with Crippen molar-refractivity contribution in [3.63, 3.8) is 0 Å². The highest BCUT2D eigenvalue weighted by molar-refractivity contribution is 7.99. The fourth-order valence-electron chi connectivity index (χ4n) is 3.18. The molecule has 0 unspecified atom stereocenters. The van der Waals surface area contributed by atoms with Gasteiger partial charge in [0.05, 0.1) is 29.3 Å². The van der Waals surface area contributed by atoms with Crippen LogP contribution in [0.25, 0.3) is 0 Å². The molecule has 14 heteroatoms. The van der Waals surface area contributed by atoms with Gasteiger partial charge in [0.15, 0.2) is 4.34 Å². The summed E-state index contributed by atoms with van der Waals surface area (Å²) in [6.45, 7) is 5.77. The Kier molecular flexibility index (Phi) is 11.5. The number of ether oxygens (including phenoxy) is 1. The first-order valence-corrected chi connectivity index (χ1v) is 12.8. The lowest BCUT2D eigenvalue weighted by molar-refractivity contribution is -0.138. The minimum absolute atomic E-state index is 0. The van der Waals surface area contributed by atoms with E-state index in [0.29, 0.717) is 40.6 Å². The number of benzene rings is 1. The molecule has 2 N–H and O–H groups in total. The highest BCUT2D eigenvalue weighted by atomic mass is 35.5. The van der Waals surface area contributed by atoms with E-state index in [4.69, 9.17) is 33.0 Å².